The van der Waals surface area contributed by atoms with Gasteiger partial charge in [-0.15, -0.1) is 0 Å². The molecule has 1 heterocycles. The quantitative estimate of drug-likeness (QED) is 0.792. The number of amides is 1. The van der Waals surface area contributed by atoms with Gasteiger partial charge in [0.2, 0.25) is 0 Å². The molecule has 1 amide bonds. The maximum Gasteiger partial charge on any atom is 0.269 e. The third-order valence-corrected chi connectivity index (χ3v) is 3.29. The SMILES string of the molecule is O=C(NCC(O)COCC1CC1)c1ccc(Br)cn1. The van der Waals surface area contributed by atoms with Crippen molar-refractivity contribution in [1.82, 2.24) is 10.3 Å². The highest BCUT2D eigenvalue weighted by atomic mass is 79.9. The Morgan fingerprint density at radius 1 is 1.58 bits per heavy atom. The van der Waals surface area contributed by atoms with Gasteiger partial charge in [-0.3, -0.25) is 4.79 Å². The summed E-state index contributed by atoms with van der Waals surface area (Å²) in [7, 11) is 0. The van der Waals surface area contributed by atoms with Gasteiger partial charge in [0.25, 0.3) is 5.91 Å². The van der Waals surface area contributed by atoms with Crippen molar-refractivity contribution in [2.24, 2.45) is 5.92 Å². The zero-order valence-electron chi connectivity index (χ0n) is 10.5. The molecule has 0 aromatic carbocycles. The molecule has 5 nitrogen and oxygen atoms in total. The molecule has 0 radical (unpaired) electrons. The largest absolute Gasteiger partial charge is 0.389 e. The molecule has 1 saturated carbocycles. The van der Waals surface area contributed by atoms with E-state index < -0.39 is 6.10 Å². The van der Waals surface area contributed by atoms with Crippen LogP contribution in [0.4, 0.5) is 0 Å². The molecule has 104 valence electrons. The highest BCUT2D eigenvalue weighted by Crippen LogP contribution is 2.28. The Balaban J connectivity index is 1.65. The molecule has 1 unspecified atom stereocenters. The summed E-state index contributed by atoms with van der Waals surface area (Å²) in [5.41, 5.74) is 0.328. The van der Waals surface area contributed by atoms with E-state index in [1.165, 1.54) is 12.8 Å². The third-order valence-electron chi connectivity index (χ3n) is 2.82. The molecule has 1 atom stereocenters. The molecule has 0 aliphatic heterocycles. The fourth-order valence-corrected chi connectivity index (χ4v) is 1.76. The summed E-state index contributed by atoms with van der Waals surface area (Å²) in [6.07, 6.45) is 3.33. The highest BCUT2D eigenvalue weighted by Gasteiger charge is 2.21. The minimum atomic E-state index is -0.682. The standard InChI is InChI=1S/C13H17BrN2O3/c14-10-3-4-12(15-5-10)13(18)16-6-11(17)8-19-7-9-1-2-9/h3-5,9,11,17H,1-2,6-8H2,(H,16,18). The van der Waals surface area contributed by atoms with Crippen molar-refractivity contribution >= 4 is 21.8 Å². The molecule has 2 N–H and O–H groups in total. The van der Waals surface area contributed by atoms with Crippen LogP contribution in [0.2, 0.25) is 0 Å². The molecule has 1 aliphatic rings. The number of carbonyl (C=O) groups is 1. The second-order valence-electron chi connectivity index (χ2n) is 4.71. The number of hydrogen-bond acceptors (Lipinski definition) is 4. The van der Waals surface area contributed by atoms with E-state index in [-0.39, 0.29) is 19.1 Å². The van der Waals surface area contributed by atoms with Crippen molar-refractivity contribution in [2.45, 2.75) is 18.9 Å². The number of halogens is 1. The molecule has 1 aromatic rings. The molecular formula is C13H17BrN2O3. The lowest BCUT2D eigenvalue weighted by molar-refractivity contribution is 0.0320. The van der Waals surface area contributed by atoms with Gasteiger partial charge in [-0.25, -0.2) is 4.98 Å². The fourth-order valence-electron chi connectivity index (χ4n) is 1.53. The predicted molar refractivity (Wildman–Crippen MR) is 73.8 cm³/mol. The molecule has 1 fully saturated rings. The number of aliphatic hydroxyl groups excluding tert-OH is 1. The van der Waals surface area contributed by atoms with Crippen molar-refractivity contribution in [3.05, 3.63) is 28.5 Å². The Morgan fingerprint density at radius 3 is 3.00 bits per heavy atom. The number of pyridine rings is 1. The monoisotopic (exact) mass is 328 g/mol. The Hall–Kier alpha value is -0.980. The van der Waals surface area contributed by atoms with E-state index in [1.807, 2.05) is 0 Å². The van der Waals surface area contributed by atoms with Crippen molar-refractivity contribution in [1.29, 1.82) is 0 Å². The summed E-state index contributed by atoms with van der Waals surface area (Å²) in [6.45, 7) is 1.13. The summed E-state index contributed by atoms with van der Waals surface area (Å²) in [5, 5.41) is 12.3. The lowest BCUT2D eigenvalue weighted by Gasteiger charge is -2.12. The first-order valence-corrected chi connectivity index (χ1v) is 7.10. The van der Waals surface area contributed by atoms with Crippen LogP contribution in [0.15, 0.2) is 22.8 Å². The zero-order chi connectivity index (χ0) is 13.7. The van der Waals surface area contributed by atoms with Crippen LogP contribution in [0.1, 0.15) is 23.3 Å². The average molecular weight is 329 g/mol. The van der Waals surface area contributed by atoms with E-state index in [4.69, 9.17) is 4.74 Å². The van der Waals surface area contributed by atoms with Gasteiger partial charge < -0.3 is 15.2 Å². The number of nitrogens with one attached hydrogen (secondary N) is 1. The second-order valence-corrected chi connectivity index (χ2v) is 5.62. The summed E-state index contributed by atoms with van der Waals surface area (Å²) in [6, 6.07) is 3.37. The van der Waals surface area contributed by atoms with Gasteiger partial charge in [0.1, 0.15) is 5.69 Å². The lowest BCUT2D eigenvalue weighted by Crippen LogP contribution is -2.35. The topological polar surface area (TPSA) is 71.5 Å². The van der Waals surface area contributed by atoms with Gasteiger partial charge in [-0.05, 0) is 46.8 Å². The van der Waals surface area contributed by atoms with Gasteiger partial charge in [0.15, 0.2) is 0 Å². The highest BCUT2D eigenvalue weighted by molar-refractivity contribution is 9.10. The molecule has 0 bridgehead atoms. The number of nitrogens with zero attached hydrogens (tertiary/aromatic N) is 1. The van der Waals surface area contributed by atoms with E-state index in [1.54, 1.807) is 18.3 Å². The van der Waals surface area contributed by atoms with Crippen LogP contribution in [-0.2, 0) is 4.74 Å². The molecule has 0 saturated heterocycles. The first-order chi connectivity index (χ1) is 9.15. The van der Waals surface area contributed by atoms with Gasteiger partial charge >= 0.3 is 0 Å². The van der Waals surface area contributed by atoms with Crippen LogP contribution in [0, 0.1) is 5.92 Å². The van der Waals surface area contributed by atoms with Gasteiger partial charge in [-0.1, -0.05) is 0 Å². The van der Waals surface area contributed by atoms with E-state index in [0.717, 1.165) is 4.47 Å². The number of aromatic nitrogens is 1. The lowest BCUT2D eigenvalue weighted by atomic mass is 10.3. The van der Waals surface area contributed by atoms with Crippen molar-refractivity contribution in [3.63, 3.8) is 0 Å². The van der Waals surface area contributed by atoms with E-state index in [2.05, 4.69) is 26.2 Å². The molecule has 2 rings (SSSR count). The maximum absolute atomic E-state index is 11.7. The van der Waals surface area contributed by atoms with Crippen LogP contribution in [0.3, 0.4) is 0 Å². The Labute approximate surface area is 120 Å². The predicted octanol–water partition coefficient (Wildman–Crippen LogP) is 1.36. The first kappa shape index (κ1) is 14.4. The Bertz CT molecular complexity index is 420. The Morgan fingerprint density at radius 2 is 2.37 bits per heavy atom. The second kappa shape index (κ2) is 6.98. The van der Waals surface area contributed by atoms with E-state index in [0.29, 0.717) is 18.2 Å². The van der Waals surface area contributed by atoms with E-state index in [9.17, 15) is 9.90 Å². The minimum Gasteiger partial charge on any atom is -0.389 e. The number of rotatable bonds is 7. The first-order valence-electron chi connectivity index (χ1n) is 6.30. The maximum atomic E-state index is 11.7. The van der Waals surface area contributed by atoms with Gasteiger partial charge in [0, 0.05) is 23.8 Å². The number of carbonyl (C=O) groups excluding carboxylic acids is 1. The third kappa shape index (κ3) is 5.26. The normalized spacial score (nSPS) is 16.1. The van der Waals surface area contributed by atoms with Gasteiger partial charge in [-0.2, -0.15) is 0 Å². The Kier molecular flexibility index (Phi) is 5.30. The summed E-state index contributed by atoms with van der Waals surface area (Å²) >= 11 is 3.25. The average Bonchev–Trinajstić information content (AvgIpc) is 3.21. The van der Waals surface area contributed by atoms with Crippen molar-refractivity contribution in [3.8, 4) is 0 Å². The summed E-state index contributed by atoms with van der Waals surface area (Å²) in [5.74, 6) is 0.377. The van der Waals surface area contributed by atoms with Crippen LogP contribution >= 0.6 is 15.9 Å². The molecular weight excluding hydrogens is 312 g/mol. The van der Waals surface area contributed by atoms with Crippen LogP contribution in [0.5, 0.6) is 0 Å². The molecule has 1 aromatic heterocycles. The van der Waals surface area contributed by atoms with Crippen LogP contribution in [0.25, 0.3) is 0 Å². The molecule has 0 spiro atoms. The number of ether oxygens (including phenoxy) is 1. The molecule has 19 heavy (non-hydrogen) atoms. The van der Waals surface area contributed by atoms with Crippen molar-refractivity contribution < 1.29 is 14.6 Å². The molecule has 6 heteroatoms. The fraction of sp³-hybridized carbons (Fsp3) is 0.538. The number of hydrogen-bond donors (Lipinski definition) is 2. The number of aliphatic hydroxyl groups is 1. The zero-order valence-corrected chi connectivity index (χ0v) is 12.1. The smallest absolute Gasteiger partial charge is 0.269 e. The summed E-state index contributed by atoms with van der Waals surface area (Å²) in [4.78, 5) is 15.7. The van der Waals surface area contributed by atoms with E-state index >= 15 is 0 Å². The van der Waals surface area contributed by atoms with Crippen molar-refractivity contribution in [2.75, 3.05) is 19.8 Å². The minimum absolute atomic E-state index is 0.168. The van der Waals surface area contributed by atoms with Gasteiger partial charge in [0.05, 0.1) is 12.7 Å². The van der Waals surface area contributed by atoms with Crippen LogP contribution < -0.4 is 5.32 Å². The molecule has 1 aliphatic carbocycles. The summed E-state index contributed by atoms with van der Waals surface area (Å²) < 4.78 is 6.17. The van der Waals surface area contributed by atoms with Crippen LogP contribution in [-0.4, -0.2) is 41.9 Å².